The summed E-state index contributed by atoms with van der Waals surface area (Å²) in [5, 5.41) is 11.8. The first-order valence-electron chi connectivity index (χ1n) is 6.12. The van der Waals surface area contributed by atoms with Gasteiger partial charge in [-0.15, -0.1) is 0 Å². The first kappa shape index (κ1) is 14.6. The van der Waals surface area contributed by atoms with Crippen LogP contribution in [-0.4, -0.2) is 11.0 Å². The number of hydrogen-bond donors (Lipinski definition) is 3. The molecule has 0 aliphatic rings. The fourth-order valence-electron chi connectivity index (χ4n) is 1.72. The lowest BCUT2D eigenvalue weighted by molar-refractivity contribution is 0.0951. The Kier molecular flexibility index (Phi) is 4.76. The van der Waals surface area contributed by atoms with E-state index in [1.807, 2.05) is 24.3 Å². The molecule has 0 unspecified atom stereocenters. The second-order valence-corrected chi connectivity index (χ2v) is 5.25. The monoisotopic (exact) mass is 334 g/mol. The van der Waals surface area contributed by atoms with Gasteiger partial charge in [0.25, 0.3) is 5.91 Å². The molecule has 0 fully saturated rings. The lowest BCUT2D eigenvalue weighted by Gasteiger charge is -2.07. The molecule has 0 aromatic heterocycles. The highest BCUT2D eigenvalue weighted by Gasteiger charge is 2.07. The van der Waals surface area contributed by atoms with E-state index in [9.17, 15) is 4.79 Å². The summed E-state index contributed by atoms with van der Waals surface area (Å²) in [7, 11) is 0. The van der Waals surface area contributed by atoms with Gasteiger partial charge < -0.3 is 16.2 Å². The molecule has 2 aromatic rings. The van der Waals surface area contributed by atoms with E-state index in [1.54, 1.807) is 18.2 Å². The number of amides is 1. The van der Waals surface area contributed by atoms with Crippen molar-refractivity contribution in [3.63, 3.8) is 0 Å². The van der Waals surface area contributed by atoms with Crippen LogP contribution in [0.3, 0.4) is 0 Å². The van der Waals surface area contributed by atoms with Gasteiger partial charge in [0.2, 0.25) is 0 Å². The maximum atomic E-state index is 12.0. The van der Waals surface area contributed by atoms with E-state index in [2.05, 4.69) is 21.2 Å². The normalized spacial score (nSPS) is 10.3. The van der Waals surface area contributed by atoms with Gasteiger partial charge in [0.15, 0.2) is 0 Å². The van der Waals surface area contributed by atoms with Gasteiger partial charge in [0.05, 0.1) is 6.61 Å². The van der Waals surface area contributed by atoms with Gasteiger partial charge in [-0.05, 0) is 45.3 Å². The van der Waals surface area contributed by atoms with E-state index in [0.717, 1.165) is 11.1 Å². The summed E-state index contributed by atoms with van der Waals surface area (Å²) in [5.74, 6) is -0.156. The van der Waals surface area contributed by atoms with E-state index in [-0.39, 0.29) is 12.5 Å². The number of carbonyl (C=O) groups is 1. The van der Waals surface area contributed by atoms with E-state index in [4.69, 9.17) is 10.8 Å². The lowest BCUT2D eigenvalue weighted by Crippen LogP contribution is -2.22. The zero-order valence-corrected chi connectivity index (χ0v) is 12.4. The van der Waals surface area contributed by atoms with Gasteiger partial charge in [-0.1, -0.05) is 24.3 Å². The summed E-state index contributed by atoms with van der Waals surface area (Å²) in [4.78, 5) is 12.0. The minimum atomic E-state index is -0.156. The molecule has 0 saturated carbocycles. The van der Waals surface area contributed by atoms with Gasteiger partial charge in [-0.3, -0.25) is 4.79 Å². The molecule has 104 valence electrons. The highest BCUT2D eigenvalue weighted by atomic mass is 79.9. The van der Waals surface area contributed by atoms with Crippen LogP contribution in [0.5, 0.6) is 0 Å². The Balaban J connectivity index is 1.98. The average Bonchev–Trinajstić information content (AvgIpc) is 2.48. The van der Waals surface area contributed by atoms with Crippen molar-refractivity contribution in [1.29, 1.82) is 0 Å². The molecule has 0 spiro atoms. The predicted molar refractivity (Wildman–Crippen MR) is 82.1 cm³/mol. The molecule has 2 aromatic carbocycles. The second kappa shape index (κ2) is 6.54. The van der Waals surface area contributed by atoms with Crippen LogP contribution in [0.25, 0.3) is 0 Å². The van der Waals surface area contributed by atoms with Crippen LogP contribution < -0.4 is 11.1 Å². The Morgan fingerprint density at radius 1 is 1.15 bits per heavy atom. The number of carbonyl (C=O) groups excluding carboxylic acids is 1. The van der Waals surface area contributed by atoms with E-state index < -0.39 is 0 Å². The summed E-state index contributed by atoms with van der Waals surface area (Å²) < 4.78 is 0.706. The molecule has 1 amide bonds. The fourth-order valence-corrected chi connectivity index (χ4v) is 2.09. The smallest absolute Gasteiger partial charge is 0.251 e. The highest BCUT2D eigenvalue weighted by molar-refractivity contribution is 9.10. The van der Waals surface area contributed by atoms with Gasteiger partial charge in [-0.25, -0.2) is 0 Å². The maximum Gasteiger partial charge on any atom is 0.251 e. The zero-order valence-electron chi connectivity index (χ0n) is 10.8. The van der Waals surface area contributed by atoms with Crippen LogP contribution in [0.1, 0.15) is 21.5 Å². The summed E-state index contributed by atoms with van der Waals surface area (Å²) in [6.45, 7) is 0.457. The number of anilines is 1. The number of rotatable bonds is 4. The van der Waals surface area contributed by atoms with Crippen LogP contribution in [0.15, 0.2) is 46.9 Å². The van der Waals surface area contributed by atoms with Gasteiger partial charge in [-0.2, -0.15) is 0 Å². The number of nitrogens with one attached hydrogen (secondary N) is 1. The predicted octanol–water partition coefficient (Wildman–Crippen LogP) is 2.45. The number of aliphatic hydroxyl groups is 1. The molecule has 0 aliphatic carbocycles. The molecule has 0 saturated heterocycles. The maximum absolute atomic E-state index is 12.0. The molecular weight excluding hydrogens is 320 g/mol. The molecular formula is C15H15BrN2O2. The van der Waals surface area contributed by atoms with Crippen molar-refractivity contribution in [3.05, 3.63) is 63.6 Å². The van der Waals surface area contributed by atoms with Crippen LogP contribution in [0.4, 0.5) is 5.69 Å². The Bertz CT molecular complexity index is 612. The third-order valence-corrected chi connectivity index (χ3v) is 3.61. The molecule has 20 heavy (non-hydrogen) atoms. The van der Waals surface area contributed by atoms with Crippen LogP contribution in [-0.2, 0) is 13.2 Å². The minimum absolute atomic E-state index is 0.0199. The quantitative estimate of drug-likeness (QED) is 0.752. The van der Waals surface area contributed by atoms with Crippen LogP contribution >= 0.6 is 15.9 Å². The molecule has 4 nitrogen and oxygen atoms in total. The summed E-state index contributed by atoms with van der Waals surface area (Å²) in [5.41, 5.74) is 8.66. The van der Waals surface area contributed by atoms with Crippen molar-refractivity contribution in [2.75, 3.05) is 5.73 Å². The molecule has 2 rings (SSSR count). The first-order chi connectivity index (χ1) is 9.60. The van der Waals surface area contributed by atoms with Crippen molar-refractivity contribution >= 4 is 27.5 Å². The van der Waals surface area contributed by atoms with Crippen molar-refractivity contribution in [1.82, 2.24) is 5.32 Å². The number of benzene rings is 2. The number of nitrogen functional groups attached to an aromatic ring is 1. The summed E-state index contributed by atoms with van der Waals surface area (Å²) in [6.07, 6.45) is 0. The number of halogens is 1. The third-order valence-electron chi connectivity index (χ3n) is 2.92. The summed E-state index contributed by atoms with van der Waals surface area (Å²) in [6, 6.07) is 12.5. The molecule has 5 heteroatoms. The van der Waals surface area contributed by atoms with Crippen molar-refractivity contribution in [3.8, 4) is 0 Å². The molecule has 0 aliphatic heterocycles. The standard InChI is InChI=1S/C15H15BrN2O2/c16-13-7-12(5-6-14(13)17)15(20)18-8-10-1-3-11(9-19)4-2-10/h1-7,19H,8-9,17H2,(H,18,20). The zero-order chi connectivity index (χ0) is 14.5. The Morgan fingerprint density at radius 3 is 2.40 bits per heavy atom. The van der Waals surface area contributed by atoms with Crippen LogP contribution in [0.2, 0.25) is 0 Å². The molecule has 0 atom stereocenters. The summed E-state index contributed by atoms with van der Waals surface area (Å²) >= 11 is 3.30. The number of nitrogens with two attached hydrogens (primary N) is 1. The Hall–Kier alpha value is -1.85. The van der Waals surface area contributed by atoms with Gasteiger partial charge in [0.1, 0.15) is 0 Å². The Morgan fingerprint density at radius 2 is 1.80 bits per heavy atom. The van der Waals surface area contributed by atoms with Gasteiger partial charge >= 0.3 is 0 Å². The van der Waals surface area contributed by atoms with Crippen molar-refractivity contribution < 1.29 is 9.90 Å². The third kappa shape index (κ3) is 3.59. The molecule has 0 bridgehead atoms. The van der Waals surface area contributed by atoms with Gasteiger partial charge in [0, 0.05) is 22.3 Å². The number of aliphatic hydroxyl groups excluding tert-OH is 1. The highest BCUT2D eigenvalue weighted by Crippen LogP contribution is 2.20. The molecule has 0 heterocycles. The molecule has 0 radical (unpaired) electrons. The lowest BCUT2D eigenvalue weighted by atomic mass is 10.1. The van der Waals surface area contributed by atoms with Crippen molar-refractivity contribution in [2.45, 2.75) is 13.2 Å². The van der Waals surface area contributed by atoms with E-state index in [1.165, 1.54) is 0 Å². The van der Waals surface area contributed by atoms with Crippen molar-refractivity contribution in [2.24, 2.45) is 0 Å². The average molecular weight is 335 g/mol. The molecule has 4 N–H and O–H groups in total. The Labute approximate surface area is 125 Å². The van der Waals surface area contributed by atoms with E-state index in [0.29, 0.717) is 22.3 Å². The second-order valence-electron chi connectivity index (χ2n) is 4.39. The SMILES string of the molecule is Nc1ccc(C(=O)NCc2ccc(CO)cc2)cc1Br. The topological polar surface area (TPSA) is 75.4 Å². The number of hydrogen-bond acceptors (Lipinski definition) is 3. The first-order valence-corrected chi connectivity index (χ1v) is 6.91. The largest absolute Gasteiger partial charge is 0.398 e. The van der Waals surface area contributed by atoms with Crippen LogP contribution in [0, 0.1) is 0 Å². The fraction of sp³-hybridized carbons (Fsp3) is 0.133. The minimum Gasteiger partial charge on any atom is -0.398 e. The van der Waals surface area contributed by atoms with E-state index >= 15 is 0 Å².